The summed E-state index contributed by atoms with van der Waals surface area (Å²) in [6, 6.07) is 11.0. The van der Waals surface area contributed by atoms with E-state index < -0.39 is 29.9 Å². The number of nitrogens with one attached hydrogen (secondary N) is 1. The molecule has 0 fully saturated rings. The zero-order valence-electron chi connectivity index (χ0n) is 22.1. The average molecular weight is 619 g/mol. The molecule has 1 atom stereocenters. The van der Waals surface area contributed by atoms with E-state index in [0.29, 0.717) is 17.2 Å². The first-order chi connectivity index (χ1) is 19.7. The van der Waals surface area contributed by atoms with E-state index in [4.69, 9.17) is 4.42 Å². The fourth-order valence-electron chi connectivity index (χ4n) is 5.09. The van der Waals surface area contributed by atoms with E-state index in [2.05, 4.69) is 41.5 Å². The molecule has 0 spiro atoms. The summed E-state index contributed by atoms with van der Waals surface area (Å²) < 4.78 is 8.58. The number of aromatic amines is 1. The van der Waals surface area contributed by atoms with E-state index in [1.165, 1.54) is 13.4 Å². The third-order valence-electron chi connectivity index (χ3n) is 7.01. The summed E-state index contributed by atoms with van der Waals surface area (Å²) in [6.45, 7) is 3.58. The molecule has 5 aromatic rings. The average Bonchev–Trinajstić information content (AvgIpc) is 3.69. The predicted molar refractivity (Wildman–Crippen MR) is 150 cm³/mol. The first-order valence-electron chi connectivity index (χ1n) is 12.6. The highest BCUT2D eigenvalue weighted by Gasteiger charge is 2.45. The Morgan fingerprint density at radius 2 is 1.93 bits per heavy atom. The number of benzene rings is 2. The maximum atomic E-state index is 13.7. The number of anilines is 1. The molecule has 1 unspecified atom stereocenters. The van der Waals surface area contributed by atoms with Gasteiger partial charge in [-0.05, 0) is 52.7 Å². The highest BCUT2D eigenvalue weighted by Crippen LogP contribution is 2.41. The fourth-order valence-corrected chi connectivity index (χ4v) is 5.70. The summed E-state index contributed by atoms with van der Waals surface area (Å²) in [5.74, 6) is -1.57. The van der Waals surface area contributed by atoms with E-state index in [1.54, 1.807) is 18.4 Å². The molecule has 208 valence electrons. The highest BCUT2D eigenvalue weighted by atomic mass is 79.9. The van der Waals surface area contributed by atoms with E-state index in [0.717, 1.165) is 36.3 Å². The number of carboxylic acid groups (broad SMARTS) is 1. The van der Waals surface area contributed by atoms with Crippen LogP contribution in [0.15, 0.2) is 57.7 Å². The Labute approximate surface area is 240 Å². The minimum absolute atomic E-state index is 0.111. The van der Waals surface area contributed by atoms with E-state index >= 15 is 0 Å². The normalized spacial score (nSPS) is 15.6. The number of furan rings is 1. The quantitative estimate of drug-likeness (QED) is 0.271. The molecule has 1 aliphatic rings. The highest BCUT2D eigenvalue weighted by molar-refractivity contribution is 9.10. The third-order valence-corrected chi connectivity index (χ3v) is 7.80. The summed E-state index contributed by atoms with van der Waals surface area (Å²) in [6.07, 6.45) is 1.48. The van der Waals surface area contributed by atoms with Gasteiger partial charge in [-0.15, -0.1) is 10.2 Å². The van der Waals surface area contributed by atoms with Gasteiger partial charge in [-0.25, -0.2) is 9.78 Å². The second-order valence-corrected chi connectivity index (χ2v) is 10.6. The van der Waals surface area contributed by atoms with Crippen LogP contribution in [0.1, 0.15) is 29.9 Å². The van der Waals surface area contributed by atoms with E-state index in [-0.39, 0.29) is 18.1 Å². The molecule has 2 N–H and O–H groups in total. The van der Waals surface area contributed by atoms with Crippen molar-refractivity contribution < 1.29 is 23.9 Å². The maximum Gasteiger partial charge on any atom is 0.336 e. The van der Waals surface area contributed by atoms with Crippen LogP contribution >= 0.6 is 15.9 Å². The molecule has 13 nitrogen and oxygen atoms in total. The number of tetrazole rings is 1. The molecule has 0 bridgehead atoms. The summed E-state index contributed by atoms with van der Waals surface area (Å²) >= 11 is 3.70. The third kappa shape index (κ3) is 4.27. The van der Waals surface area contributed by atoms with Gasteiger partial charge in [0.2, 0.25) is 11.9 Å². The van der Waals surface area contributed by atoms with Crippen LogP contribution in [0, 0.1) is 0 Å². The number of H-pyrrole nitrogens is 1. The first-order valence-corrected chi connectivity index (χ1v) is 13.4. The van der Waals surface area contributed by atoms with Crippen LogP contribution in [0.25, 0.3) is 33.7 Å². The van der Waals surface area contributed by atoms with Crippen molar-refractivity contribution in [3.05, 3.63) is 64.5 Å². The number of imidazole rings is 1. The second kappa shape index (κ2) is 9.96. The number of hydrogen-bond donors (Lipinski definition) is 2. The standard InChI is InChI=1S/C27H23BrN8O5/c1-13(2)36-21(27(39)40)25(37)34(3)24-20(26(36)38)35(12-29-24)11-14-8-9-18-17(10-14)19(28)22(41-18)15-6-4-5-7-16(15)23-30-32-33-31-23/h4-10,12-13,21H,11H2,1-3H3,(H,39,40)(H,30,31,32,33). The molecular formula is C27H23BrN8O5. The van der Waals surface area contributed by atoms with Gasteiger partial charge in [0.15, 0.2) is 11.5 Å². The fraction of sp³-hybridized carbons (Fsp3) is 0.222. The number of rotatable bonds is 6. The Balaban J connectivity index is 1.40. The van der Waals surface area contributed by atoms with Crippen LogP contribution < -0.4 is 4.90 Å². The van der Waals surface area contributed by atoms with Crippen molar-refractivity contribution in [2.75, 3.05) is 11.9 Å². The molecule has 41 heavy (non-hydrogen) atoms. The molecule has 4 heterocycles. The molecule has 0 saturated carbocycles. The number of likely N-dealkylation sites (N-methyl/N-ethyl adjacent to an activating group) is 1. The SMILES string of the molecule is CC(C)N1C(=O)c2c(ncn2Cc2ccc3oc(-c4ccccc4-c4nn[nH]n4)c(Br)c3c2)N(C)C(=O)C1C(=O)O. The maximum absolute atomic E-state index is 13.7. The summed E-state index contributed by atoms with van der Waals surface area (Å²) in [4.78, 5) is 45.3. The lowest BCUT2D eigenvalue weighted by Crippen LogP contribution is -2.55. The van der Waals surface area contributed by atoms with Gasteiger partial charge in [0, 0.05) is 36.1 Å². The smallest absolute Gasteiger partial charge is 0.336 e. The molecular weight excluding hydrogens is 596 g/mol. The van der Waals surface area contributed by atoms with Gasteiger partial charge in [-0.3, -0.25) is 14.5 Å². The Kier molecular flexibility index (Phi) is 6.41. The van der Waals surface area contributed by atoms with Crippen LogP contribution in [0.3, 0.4) is 0 Å². The van der Waals surface area contributed by atoms with Crippen molar-refractivity contribution in [3.63, 3.8) is 0 Å². The van der Waals surface area contributed by atoms with Crippen molar-refractivity contribution in [3.8, 4) is 22.7 Å². The molecule has 3 aromatic heterocycles. The molecule has 1 aliphatic heterocycles. The van der Waals surface area contributed by atoms with Gasteiger partial charge < -0.3 is 19.0 Å². The summed E-state index contributed by atoms with van der Waals surface area (Å²) in [5, 5.41) is 24.9. The van der Waals surface area contributed by atoms with E-state index in [1.807, 2.05) is 42.5 Å². The largest absolute Gasteiger partial charge is 0.479 e. The van der Waals surface area contributed by atoms with Gasteiger partial charge >= 0.3 is 5.97 Å². The number of fused-ring (bicyclic) bond motifs is 2. The monoisotopic (exact) mass is 618 g/mol. The Hall–Kier alpha value is -4.85. The van der Waals surface area contributed by atoms with Gasteiger partial charge in [0.25, 0.3) is 11.8 Å². The lowest BCUT2D eigenvalue weighted by atomic mass is 10.0. The van der Waals surface area contributed by atoms with Crippen LogP contribution in [-0.2, 0) is 16.1 Å². The molecule has 6 rings (SSSR count). The Bertz CT molecular complexity index is 1830. The molecule has 0 saturated heterocycles. The van der Waals surface area contributed by atoms with Crippen molar-refractivity contribution in [1.82, 2.24) is 35.1 Å². The molecule has 0 aliphatic carbocycles. The van der Waals surface area contributed by atoms with Gasteiger partial charge in [0.05, 0.1) is 10.8 Å². The number of carbonyl (C=O) groups is 3. The number of hydrogen-bond acceptors (Lipinski definition) is 8. The van der Waals surface area contributed by atoms with Crippen LogP contribution in [0.5, 0.6) is 0 Å². The van der Waals surface area contributed by atoms with Crippen molar-refractivity contribution >= 4 is 50.5 Å². The van der Waals surface area contributed by atoms with E-state index in [9.17, 15) is 19.5 Å². The number of carbonyl (C=O) groups excluding carboxylic acids is 2. The topological polar surface area (TPSA) is 163 Å². The molecule has 2 amide bonds. The number of aromatic nitrogens is 6. The van der Waals surface area contributed by atoms with Crippen molar-refractivity contribution in [2.45, 2.75) is 32.5 Å². The Morgan fingerprint density at radius 3 is 2.61 bits per heavy atom. The minimum Gasteiger partial charge on any atom is -0.479 e. The van der Waals surface area contributed by atoms with Gasteiger partial charge in [-0.1, -0.05) is 30.3 Å². The van der Waals surface area contributed by atoms with Gasteiger partial charge in [-0.2, -0.15) is 5.21 Å². The predicted octanol–water partition coefficient (Wildman–Crippen LogP) is 3.57. The van der Waals surface area contributed by atoms with Gasteiger partial charge in [0.1, 0.15) is 11.3 Å². The zero-order chi connectivity index (χ0) is 29.0. The van der Waals surface area contributed by atoms with Crippen LogP contribution in [0.2, 0.25) is 0 Å². The van der Waals surface area contributed by atoms with Crippen molar-refractivity contribution in [2.24, 2.45) is 0 Å². The van der Waals surface area contributed by atoms with Crippen LogP contribution in [0.4, 0.5) is 5.82 Å². The number of amides is 2. The van der Waals surface area contributed by atoms with Crippen LogP contribution in [-0.4, -0.2) is 77.1 Å². The number of halogens is 1. The second-order valence-electron chi connectivity index (χ2n) is 9.85. The molecule has 0 radical (unpaired) electrons. The lowest BCUT2D eigenvalue weighted by Gasteiger charge is -2.30. The minimum atomic E-state index is -1.65. The number of nitrogens with zero attached hydrogens (tertiary/aromatic N) is 7. The number of carboxylic acids is 1. The van der Waals surface area contributed by atoms with Crippen molar-refractivity contribution in [1.29, 1.82) is 0 Å². The summed E-state index contributed by atoms with van der Waals surface area (Å²) in [5.41, 5.74) is 3.13. The number of aliphatic carboxylic acids is 1. The molecule has 2 aromatic carbocycles. The first kappa shape index (κ1) is 26.4. The lowest BCUT2D eigenvalue weighted by molar-refractivity contribution is -0.147. The Morgan fingerprint density at radius 1 is 1.17 bits per heavy atom. The zero-order valence-corrected chi connectivity index (χ0v) is 23.7. The molecule has 14 heteroatoms. The summed E-state index contributed by atoms with van der Waals surface area (Å²) in [7, 11) is 1.42.